The van der Waals surface area contributed by atoms with Crippen molar-refractivity contribution in [3.8, 4) is 5.88 Å². The minimum Gasteiger partial charge on any atom is -0.479 e. The second kappa shape index (κ2) is 9.24. The molecule has 1 aliphatic carbocycles. The van der Waals surface area contributed by atoms with Crippen LogP contribution in [0.25, 0.3) is 11.0 Å². The Balaban J connectivity index is 1.57. The van der Waals surface area contributed by atoms with Crippen LogP contribution in [-0.2, 0) is 23.1 Å². The van der Waals surface area contributed by atoms with Gasteiger partial charge in [-0.05, 0) is 44.2 Å². The summed E-state index contributed by atoms with van der Waals surface area (Å²) in [6, 6.07) is 0.255. The standard InChI is InChI=1S/C21H31N5O3/c1-13-16(14(2)23-20-19(13)21(29-4)25-26(20)3)10-11-17(27)22-12-18(28)24-15-8-6-5-7-9-15/h15H,5-12H2,1-4H3,(H,22,27)(H,24,28). The molecule has 8 nitrogen and oxygen atoms in total. The second-order valence-corrected chi connectivity index (χ2v) is 7.81. The van der Waals surface area contributed by atoms with Gasteiger partial charge in [0, 0.05) is 25.2 Å². The highest BCUT2D eigenvalue weighted by Gasteiger charge is 2.19. The number of pyridine rings is 1. The van der Waals surface area contributed by atoms with Crippen molar-refractivity contribution in [3.05, 3.63) is 16.8 Å². The van der Waals surface area contributed by atoms with Gasteiger partial charge in [0.15, 0.2) is 5.65 Å². The molecule has 2 aromatic rings. The highest BCUT2D eigenvalue weighted by atomic mass is 16.5. The zero-order chi connectivity index (χ0) is 21.0. The first-order valence-corrected chi connectivity index (χ1v) is 10.3. The van der Waals surface area contributed by atoms with Crippen LogP contribution in [0.4, 0.5) is 0 Å². The molecular weight excluding hydrogens is 370 g/mol. The lowest BCUT2D eigenvalue weighted by molar-refractivity contribution is -0.126. The highest BCUT2D eigenvalue weighted by molar-refractivity contribution is 5.87. The first-order valence-electron chi connectivity index (χ1n) is 10.3. The van der Waals surface area contributed by atoms with Crippen LogP contribution in [0.3, 0.4) is 0 Å². The molecule has 1 aliphatic rings. The number of amides is 2. The first-order chi connectivity index (χ1) is 13.9. The SMILES string of the molecule is COc1nn(C)c2nc(C)c(CCC(=O)NCC(=O)NC3CCCCC3)c(C)c12. The van der Waals surface area contributed by atoms with Crippen molar-refractivity contribution >= 4 is 22.8 Å². The zero-order valence-electron chi connectivity index (χ0n) is 17.8. The summed E-state index contributed by atoms with van der Waals surface area (Å²) in [6.07, 6.45) is 6.49. The number of nitrogens with zero attached hydrogens (tertiary/aromatic N) is 3. The van der Waals surface area contributed by atoms with Crippen LogP contribution in [0.1, 0.15) is 55.3 Å². The van der Waals surface area contributed by atoms with E-state index in [-0.39, 0.29) is 24.4 Å². The van der Waals surface area contributed by atoms with Gasteiger partial charge in [0.25, 0.3) is 0 Å². The number of fused-ring (bicyclic) bond motifs is 1. The van der Waals surface area contributed by atoms with Crippen LogP contribution in [0.15, 0.2) is 0 Å². The molecule has 2 heterocycles. The van der Waals surface area contributed by atoms with Crippen LogP contribution < -0.4 is 15.4 Å². The van der Waals surface area contributed by atoms with Crippen LogP contribution in [0.2, 0.25) is 0 Å². The largest absolute Gasteiger partial charge is 0.479 e. The van der Waals surface area contributed by atoms with E-state index in [1.165, 1.54) is 6.42 Å². The number of rotatable bonds is 7. The third-order valence-electron chi connectivity index (χ3n) is 5.73. The van der Waals surface area contributed by atoms with Gasteiger partial charge in [0.2, 0.25) is 17.7 Å². The number of aromatic nitrogens is 3. The monoisotopic (exact) mass is 401 g/mol. The summed E-state index contributed by atoms with van der Waals surface area (Å²) >= 11 is 0. The van der Waals surface area contributed by atoms with Crippen LogP contribution >= 0.6 is 0 Å². The maximum atomic E-state index is 12.3. The number of methoxy groups -OCH3 is 1. The number of aryl methyl sites for hydroxylation is 3. The van der Waals surface area contributed by atoms with Gasteiger partial charge >= 0.3 is 0 Å². The van der Waals surface area contributed by atoms with Gasteiger partial charge in [0.1, 0.15) is 0 Å². The van der Waals surface area contributed by atoms with Gasteiger partial charge in [-0.15, -0.1) is 5.10 Å². The van der Waals surface area contributed by atoms with Crippen LogP contribution in [0, 0.1) is 13.8 Å². The lowest BCUT2D eigenvalue weighted by Gasteiger charge is -2.22. The third-order valence-corrected chi connectivity index (χ3v) is 5.73. The minimum atomic E-state index is -0.138. The van der Waals surface area contributed by atoms with Gasteiger partial charge in [-0.25, -0.2) is 9.67 Å². The minimum absolute atomic E-state index is 0.0288. The molecule has 1 saturated carbocycles. The van der Waals surface area contributed by atoms with Gasteiger partial charge in [-0.1, -0.05) is 19.3 Å². The Morgan fingerprint density at radius 3 is 2.59 bits per heavy atom. The predicted molar refractivity (Wildman–Crippen MR) is 111 cm³/mol. The zero-order valence-corrected chi connectivity index (χ0v) is 17.8. The van der Waals surface area contributed by atoms with Crippen molar-refractivity contribution in [2.75, 3.05) is 13.7 Å². The number of hydrogen-bond donors (Lipinski definition) is 2. The van der Waals surface area contributed by atoms with E-state index in [0.717, 1.165) is 53.5 Å². The number of carbonyl (C=O) groups excluding carboxylic acids is 2. The maximum absolute atomic E-state index is 12.3. The van der Waals surface area contributed by atoms with Gasteiger partial charge in [-0.3, -0.25) is 9.59 Å². The fraction of sp³-hybridized carbons (Fsp3) is 0.619. The Hall–Kier alpha value is -2.64. The Labute approximate surface area is 171 Å². The summed E-state index contributed by atoms with van der Waals surface area (Å²) in [4.78, 5) is 29.0. The van der Waals surface area contributed by atoms with E-state index in [1.54, 1.807) is 11.8 Å². The molecule has 158 valence electrons. The molecule has 29 heavy (non-hydrogen) atoms. The summed E-state index contributed by atoms with van der Waals surface area (Å²) in [7, 11) is 3.43. The van der Waals surface area contributed by atoms with Crippen LogP contribution in [-0.4, -0.2) is 46.3 Å². The van der Waals surface area contributed by atoms with Crippen molar-refractivity contribution in [3.63, 3.8) is 0 Å². The van der Waals surface area contributed by atoms with E-state index in [2.05, 4.69) is 20.7 Å². The molecule has 3 rings (SSSR count). The lowest BCUT2D eigenvalue weighted by Crippen LogP contribution is -2.42. The van der Waals surface area contributed by atoms with Crippen molar-refractivity contribution in [2.24, 2.45) is 7.05 Å². The summed E-state index contributed by atoms with van der Waals surface area (Å²) in [5, 5.41) is 11.0. The smallest absolute Gasteiger partial charge is 0.242 e. The Kier molecular flexibility index (Phi) is 6.71. The predicted octanol–water partition coefficient (Wildman–Crippen LogP) is 2.09. The molecule has 0 saturated heterocycles. The van der Waals surface area contributed by atoms with Gasteiger partial charge < -0.3 is 15.4 Å². The van der Waals surface area contributed by atoms with E-state index in [4.69, 9.17) is 4.74 Å². The molecule has 1 fully saturated rings. The average Bonchev–Trinajstić information content (AvgIpc) is 3.02. The quantitative estimate of drug-likeness (QED) is 0.740. The average molecular weight is 402 g/mol. The fourth-order valence-corrected chi connectivity index (χ4v) is 4.14. The molecular formula is C21H31N5O3. The fourth-order valence-electron chi connectivity index (χ4n) is 4.14. The summed E-state index contributed by atoms with van der Waals surface area (Å²) in [6.45, 7) is 3.98. The van der Waals surface area contributed by atoms with Crippen molar-refractivity contribution in [1.29, 1.82) is 0 Å². The van der Waals surface area contributed by atoms with Crippen molar-refractivity contribution in [2.45, 2.75) is 64.8 Å². The molecule has 2 N–H and O–H groups in total. The van der Waals surface area contributed by atoms with Gasteiger partial charge in [0.05, 0.1) is 19.0 Å². The first kappa shape index (κ1) is 21.1. The molecule has 0 spiro atoms. The van der Waals surface area contributed by atoms with Gasteiger partial charge in [-0.2, -0.15) is 0 Å². The summed E-state index contributed by atoms with van der Waals surface area (Å²) in [5.41, 5.74) is 3.69. The Morgan fingerprint density at radius 2 is 1.90 bits per heavy atom. The maximum Gasteiger partial charge on any atom is 0.242 e. The van der Waals surface area contributed by atoms with E-state index >= 15 is 0 Å². The Morgan fingerprint density at radius 1 is 1.17 bits per heavy atom. The number of nitrogens with one attached hydrogen (secondary N) is 2. The number of hydrogen-bond acceptors (Lipinski definition) is 5. The molecule has 8 heteroatoms. The highest BCUT2D eigenvalue weighted by Crippen LogP contribution is 2.30. The normalized spacial score (nSPS) is 14.8. The topological polar surface area (TPSA) is 98.1 Å². The van der Waals surface area contributed by atoms with Crippen molar-refractivity contribution < 1.29 is 14.3 Å². The molecule has 0 bridgehead atoms. The van der Waals surface area contributed by atoms with E-state index in [9.17, 15) is 9.59 Å². The van der Waals surface area contributed by atoms with Crippen molar-refractivity contribution in [1.82, 2.24) is 25.4 Å². The lowest BCUT2D eigenvalue weighted by atomic mass is 9.95. The summed E-state index contributed by atoms with van der Waals surface area (Å²) < 4.78 is 7.09. The van der Waals surface area contributed by atoms with E-state index in [0.29, 0.717) is 18.7 Å². The molecule has 0 radical (unpaired) electrons. The van der Waals surface area contributed by atoms with Crippen LogP contribution in [0.5, 0.6) is 5.88 Å². The summed E-state index contributed by atoms with van der Waals surface area (Å²) in [5.74, 6) is 0.291. The number of carbonyl (C=O) groups is 2. The molecule has 0 unspecified atom stereocenters. The van der Waals surface area contributed by atoms with E-state index in [1.807, 2.05) is 20.9 Å². The molecule has 2 amide bonds. The third kappa shape index (κ3) is 4.86. The number of ether oxygens (including phenoxy) is 1. The van der Waals surface area contributed by atoms with E-state index < -0.39 is 0 Å². The molecule has 2 aromatic heterocycles. The molecule has 0 aromatic carbocycles. The molecule has 0 aliphatic heterocycles. The second-order valence-electron chi connectivity index (χ2n) is 7.81. The Bertz CT molecular complexity index is 900. The molecule has 0 atom stereocenters.